The fourth-order valence-corrected chi connectivity index (χ4v) is 4.09. The highest BCUT2D eigenvalue weighted by Crippen LogP contribution is 2.46. The number of para-hydroxylation sites is 1. The van der Waals surface area contributed by atoms with Crippen molar-refractivity contribution in [3.8, 4) is 0 Å². The van der Waals surface area contributed by atoms with Crippen LogP contribution >= 0.6 is 23.2 Å². The SMILES string of the molecule is CC1(C)C[C@]2(CCO1)OC(=O)C[C@H]2C(=O)Nc1c(Cl)cccc1Cl. The highest BCUT2D eigenvalue weighted by Gasteiger charge is 2.56. The van der Waals surface area contributed by atoms with E-state index in [1.165, 1.54) is 0 Å². The zero-order valence-electron chi connectivity index (χ0n) is 13.5. The molecule has 0 aliphatic carbocycles. The number of halogens is 2. The van der Waals surface area contributed by atoms with Crippen molar-refractivity contribution in [3.63, 3.8) is 0 Å². The van der Waals surface area contributed by atoms with E-state index in [1.54, 1.807) is 18.2 Å². The van der Waals surface area contributed by atoms with Crippen LogP contribution in [0.1, 0.15) is 33.1 Å². The lowest BCUT2D eigenvalue weighted by molar-refractivity contribution is -0.178. The number of amides is 1. The topological polar surface area (TPSA) is 64.6 Å². The Morgan fingerprint density at radius 1 is 1.29 bits per heavy atom. The van der Waals surface area contributed by atoms with Gasteiger partial charge in [0.05, 0.1) is 40.3 Å². The second-order valence-electron chi connectivity index (χ2n) is 6.92. The molecule has 2 fully saturated rings. The summed E-state index contributed by atoms with van der Waals surface area (Å²) in [5, 5.41) is 3.46. The standard InChI is InChI=1S/C17H19Cl2NO4/c1-16(2)9-17(6-7-23-16)10(8-13(21)24-17)15(22)20-14-11(18)4-3-5-12(14)19/h3-5,10H,6-9H2,1-2H3,(H,20,22)/t10-,17-/m0/s1. The third-order valence-corrected chi connectivity index (χ3v) is 5.22. The first-order valence-corrected chi connectivity index (χ1v) is 8.59. The van der Waals surface area contributed by atoms with Gasteiger partial charge in [-0.3, -0.25) is 9.59 Å². The Balaban J connectivity index is 1.86. The summed E-state index contributed by atoms with van der Waals surface area (Å²) in [6.45, 7) is 4.30. The number of hydrogen-bond acceptors (Lipinski definition) is 4. The van der Waals surface area contributed by atoms with E-state index in [2.05, 4.69) is 5.32 Å². The van der Waals surface area contributed by atoms with Gasteiger partial charge in [-0.05, 0) is 26.0 Å². The molecule has 5 nitrogen and oxygen atoms in total. The number of anilines is 1. The van der Waals surface area contributed by atoms with Crippen LogP contribution in [0.2, 0.25) is 10.0 Å². The monoisotopic (exact) mass is 371 g/mol. The molecule has 0 unspecified atom stereocenters. The predicted octanol–water partition coefficient (Wildman–Crippen LogP) is 3.82. The highest BCUT2D eigenvalue weighted by molar-refractivity contribution is 6.39. The van der Waals surface area contributed by atoms with E-state index in [0.29, 0.717) is 35.2 Å². The van der Waals surface area contributed by atoms with E-state index in [4.69, 9.17) is 32.7 Å². The molecule has 130 valence electrons. The Labute approximate surface area is 150 Å². The van der Waals surface area contributed by atoms with E-state index in [1.807, 2.05) is 13.8 Å². The van der Waals surface area contributed by atoms with Crippen molar-refractivity contribution in [3.05, 3.63) is 28.2 Å². The Bertz CT molecular complexity index is 671. The second kappa shape index (κ2) is 6.21. The first-order chi connectivity index (χ1) is 11.2. The van der Waals surface area contributed by atoms with Crippen LogP contribution in [0.4, 0.5) is 5.69 Å². The molecule has 2 heterocycles. The Morgan fingerprint density at radius 2 is 1.96 bits per heavy atom. The maximum absolute atomic E-state index is 12.8. The van der Waals surface area contributed by atoms with Crippen LogP contribution in [-0.4, -0.2) is 29.7 Å². The van der Waals surface area contributed by atoms with Crippen molar-refractivity contribution in [1.29, 1.82) is 0 Å². The molecule has 1 N–H and O–H groups in total. The van der Waals surface area contributed by atoms with Gasteiger partial charge in [-0.25, -0.2) is 0 Å². The molecular weight excluding hydrogens is 353 g/mol. The van der Waals surface area contributed by atoms with Crippen molar-refractivity contribution in [1.82, 2.24) is 0 Å². The van der Waals surface area contributed by atoms with Gasteiger partial charge in [-0.2, -0.15) is 0 Å². The number of carbonyl (C=O) groups is 2. The maximum Gasteiger partial charge on any atom is 0.307 e. The van der Waals surface area contributed by atoms with Crippen molar-refractivity contribution in [2.75, 3.05) is 11.9 Å². The molecule has 0 bridgehead atoms. The van der Waals surface area contributed by atoms with Gasteiger partial charge < -0.3 is 14.8 Å². The van der Waals surface area contributed by atoms with Gasteiger partial charge in [0.2, 0.25) is 5.91 Å². The first kappa shape index (κ1) is 17.5. The zero-order chi connectivity index (χ0) is 17.5. The fourth-order valence-electron chi connectivity index (χ4n) is 3.60. The Hall–Kier alpha value is -1.30. The largest absolute Gasteiger partial charge is 0.458 e. The van der Waals surface area contributed by atoms with Gasteiger partial charge in [-0.1, -0.05) is 29.3 Å². The van der Waals surface area contributed by atoms with Crippen LogP contribution in [-0.2, 0) is 19.1 Å². The normalized spacial score (nSPS) is 28.7. The molecule has 0 aromatic heterocycles. The first-order valence-electron chi connectivity index (χ1n) is 7.83. The number of benzene rings is 1. The van der Waals surface area contributed by atoms with Crippen LogP contribution in [0.25, 0.3) is 0 Å². The summed E-state index contributed by atoms with van der Waals surface area (Å²) in [4.78, 5) is 24.8. The van der Waals surface area contributed by atoms with Crippen molar-refractivity contribution in [2.24, 2.45) is 5.92 Å². The van der Waals surface area contributed by atoms with Gasteiger partial charge in [0.25, 0.3) is 0 Å². The van der Waals surface area contributed by atoms with Crippen molar-refractivity contribution in [2.45, 2.75) is 44.3 Å². The van der Waals surface area contributed by atoms with Crippen LogP contribution in [0.5, 0.6) is 0 Å². The van der Waals surface area contributed by atoms with Crippen LogP contribution in [0, 0.1) is 5.92 Å². The smallest absolute Gasteiger partial charge is 0.307 e. The second-order valence-corrected chi connectivity index (χ2v) is 7.73. The average Bonchev–Trinajstić information content (AvgIpc) is 2.77. The summed E-state index contributed by atoms with van der Waals surface area (Å²) < 4.78 is 11.3. The van der Waals surface area contributed by atoms with Crippen molar-refractivity contribution >= 4 is 40.8 Å². The lowest BCUT2D eigenvalue weighted by Gasteiger charge is -2.43. The molecular formula is C17H19Cl2NO4. The summed E-state index contributed by atoms with van der Waals surface area (Å²) >= 11 is 12.2. The molecule has 0 radical (unpaired) electrons. The van der Waals surface area contributed by atoms with Gasteiger partial charge in [-0.15, -0.1) is 0 Å². The van der Waals surface area contributed by atoms with E-state index in [0.717, 1.165) is 0 Å². The minimum atomic E-state index is -0.837. The van der Waals surface area contributed by atoms with E-state index in [9.17, 15) is 9.59 Å². The van der Waals surface area contributed by atoms with Gasteiger partial charge >= 0.3 is 5.97 Å². The number of ether oxygens (including phenoxy) is 2. The number of esters is 1. The quantitative estimate of drug-likeness (QED) is 0.802. The molecule has 1 spiro atoms. The number of rotatable bonds is 2. The zero-order valence-corrected chi connectivity index (χ0v) is 15.0. The fraction of sp³-hybridized carbons (Fsp3) is 0.529. The summed E-state index contributed by atoms with van der Waals surface area (Å²) in [7, 11) is 0. The van der Waals surface area contributed by atoms with Crippen LogP contribution in [0.3, 0.4) is 0 Å². The lowest BCUT2D eigenvalue weighted by Crippen LogP contribution is -2.52. The summed E-state index contributed by atoms with van der Waals surface area (Å²) in [5.41, 5.74) is -0.938. The number of carbonyl (C=O) groups excluding carboxylic acids is 2. The Kier molecular flexibility index (Phi) is 4.53. The molecule has 1 aromatic rings. The van der Waals surface area contributed by atoms with Gasteiger partial charge in [0.15, 0.2) is 0 Å². The molecule has 2 aliphatic heterocycles. The average molecular weight is 372 g/mol. The molecule has 24 heavy (non-hydrogen) atoms. The summed E-state index contributed by atoms with van der Waals surface area (Å²) in [6.07, 6.45) is 1.01. The minimum absolute atomic E-state index is 0.0456. The third-order valence-electron chi connectivity index (χ3n) is 4.59. The van der Waals surface area contributed by atoms with E-state index in [-0.39, 0.29) is 18.3 Å². The molecule has 2 atom stereocenters. The maximum atomic E-state index is 12.8. The third kappa shape index (κ3) is 3.25. The summed E-state index contributed by atoms with van der Waals surface area (Å²) in [6, 6.07) is 4.99. The highest BCUT2D eigenvalue weighted by atomic mass is 35.5. The van der Waals surface area contributed by atoms with Crippen LogP contribution in [0.15, 0.2) is 18.2 Å². The van der Waals surface area contributed by atoms with E-state index < -0.39 is 17.1 Å². The molecule has 2 saturated heterocycles. The lowest BCUT2D eigenvalue weighted by atomic mass is 9.75. The van der Waals surface area contributed by atoms with Crippen LogP contribution < -0.4 is 5.32 Å². The molecule has 1 aromatic carbocycles. The molecule has 1 amide bonds. The Morgan fingerprint density at radius 3 is 2.58 bits per heavy atom. The minimum Gasteiger partial charge on any atom is -0.458 e. The van der Waals surface area contributed by atoms with Gasteiger partial charge in [0, 0.05) is 12.8 Å². The van der Waals surface area contributed by atoms with Crippen molar-refractivity contribution < 1.29 is 19.1 Å². The number of nitrogens with one attached hydrogen (secondary N) is 1. The molecule has 3 rings (SSSR count). The molecule has 2 aliphatic rings. The molecule has 7 heteroatoms. The summed E-state index contributed by atoms with van der Waals surface area (Å²) in [5.74, 6) is -1.27. The van der Waals surface area contributed by atoms with Gasteiger partial charge in [0.1, 0.15) is 5.60 Å². The predicted molar refractivity (Wildman–Crippen MR) is 91.3 cm³/mol. The van der Waals surface area contributed by atoms with E-state index >= 15 is 0 Å². The molecule has 0 saturated carbocycles. The number of hydrogen-bond donors (Lipinski definition) is 1.